The maximum atomic E-state index is 3.77. The van der Waals surface area contributed by atoms with Crippen LogP contribution in [-0.2, 0) is 5.41 Å². The van der Waals surface area contributed by atoms with Gasteiger partial charge in [0.15, 0.2) is 0 Å². The zero-order valence-corrected chi connectivity index (χ0v) is 10.6. The molecule has 1 saturated carbocycles. The van der Waals surface area contributed by atoms with Crippen molar-refractivity contribution in [1.82, 2.24) is 5.32 Å². The normalized spacial score (nSPS) is 28.1. The van der Waals surface area contributed by atoms with Crippen LogP contribution in [-0.4, -0.2) is 12.6 Å². The van der Waals surface area contributed by atoms with Crippen molar-refractivity contribution in [2.75, 3.05) is 6.54 Å². The smallest absolute Gasteiger partial charge is 0.0164 e. The number of hydrogen-bond donors (Lipinski definition) is 1. The van der Waals surface area contributed by atoms with Crippen LogP contribution in [0.2, 0.25) is 0 Å². The molecule has 1 nitrogen and oxygen atoms in total. The van der Waals surface area contributed by atoms with Gasteiger partial charge in [-0.1, -0.05) is 49.6 Å². The van der Waals surface area contributed by atoms with E-state index in [2.05, 4.69) is 35.6 Å². The second-order valence-corrected chi connectivity index (χ2v) is 5.73. The van der Waals surface area contributed by atoms with Crippen LogP contribution >= 0.6 is 0 Å². The maximum absolute atomic E-state index is 3.77. The van der Waals surface area contributed by atoms with E-state index >= 15 is 0 Å². The fourth-order valence-electron chi connectivity index (χ4n) is 3.95. The lowest BCUT2D eigenvalue weighted by Crippen LogP contribution is -2.46. The molecule has 1 unspecified atom stereocenters. The van der Waals surface area contributed by atoms with E-state index in [0.717, 1.165) is 6.04 Å². The first-order valence-corrected chi connectivity index (χ1v) is 7.21. The molecule has 1 N–H and O–H groups in total. The Morgan fingerprint density at radius 2 is 1.71 bits per heavy atom. The summed E-state index contributed by atoms with van der Waals surface area (Å²) in [6, 6.07) is 12.0. The largest absolute Gasteiger partial charge is 0.313 e. The molecular formula is C16H23N. The molecule has 92 valence electrons. The zero-order chi connectivity index (χ0) is 11.6. The van der Waals surface area contributed by atoms with Crippen molar-refractivity contribution in [3.63, 3.8) is 0 Å². The van der Waals surface area contributed by atoms with Crippen molar-refractivity contribution in [1.29, 1.82) is 0 Å². The second-order valence-electron chi connectivity index (χ2n) is 5.73. The highest BCUT2D eigenvalue weighted by atomic mass is 15.0. The van der Waals surface area contributed by atoms with Gasteiger partial charge in [0, 0.05) is 11.5 Å². The van der Waals surface area contributed by atoms with Gasteiger partial charge in [-0.2, -0.15) is 0 Å². The minimum atomic E-state index is 0.440. The van der Waals surface area contributed by atoms with Gasteiger partial charge in [0.05, 0.1) is 0 Å². The molecule has 2 aliphatic rings. The lowest BCUT2D eigenvalue weighted by molar-refractivity contribution is 0.227. The minimum Gasteiger partial charge on any atom is -0.313 e. The van der Waals surface area contributed by atoms with Gasteiger partial charge in [-0.15, -0.1) is 0 Å². The Hall–Kier alpha value is -0.820. The molecule has 1 aromatic carbocycles. The molecular weight excluding hydrogens is 206 g/mol. The number of hydrogen-bond acceptors (Lipinski definition) is 1. The number of benzene rings is 1. The fourth-order valence-corrected chi connectivity index (χ4v) is 3.95. The first kappa shape index (κ1) is 11.3. The molecule has 2 fully saturated rings. The van der Waals surface area contributed by atoms with Crippen molar-refractivity contribution >= 4 is 0 Å². The Labute approximate surface area is 105 Å². The summed E-state index contributed by atoms with van der Waals surface area (Å²) in [6.45, 7) is 1.22. The number of nitrogens with one attached hydrogen (secondary N) is 1. The quantitative estimate of drug-likeness (QED) is 0.816. The van der Waals surface area contributed by atoms with E-state index in [9.17, 15) is 0 Å². The van der Waals surface area contributed by atoms with Crippen molar-refractivity contribution in [2.45, 2.75) is 56.4 Å². The average molecular weight is 229 g/mol. The molecule has 0 aromatic heterocycles. The van der Waals surface area contributed by atoms with Gasteiger partial charge >= 0.3 is 0 Å². The summed E-state index contributed by atoms with van der Waals surface area (Å²) in [5.74, 6) is 0. The van der Waals surface area contributed by atoms with Crippen molar-refractivity contribution in [2.24, 2.45) is 0 Å². The highest BCUT2D eigenvalue weighted by Gasteiger charge is 2.41. The summed E-state index contributed by atoms with van der Waals surface area (Å²) in [5.41, 5.74) is 2.02. The highest BCUT2D eigenvalue weighted by Crippen LogP contribution is 2.44. The molecule has 0 radical (unpaired) electrons. The van der Waals surface area contributed by atoms with Gasteiger partial charge in [-0.3, -0.25) is 0 Å². The molecule has 1 aromatic rings. The second kappa shape index (κ2) is 4.81. The third kappa shape index (κ3) is 2.01. The zero-order valence-electron chi connectivity index (χ0n) is 10.6. The van der Waals surface area contributed by atoms with Gasteiger partial charge in [-0.25, -0.2) is 0 Å². The highest BCUT2D eigenvalue weighted by molar-refractivity contribution is 5.29. The van der Waals surface area contributed by atoms with Crippen molar-refractivity contribution < 1.29 is 0 Å². The fraction of sp³-hybridized carbons (Fsp3) is 0.625. The lowest BCUT2D eigenvalue weighted by Gasteiger charge is -2.43. The predicted octanol–water partition coefficient (Wildman–Crippen LogP) is 3.64. The predicted molar refractivity (Wildman–Crippen MR) is 72.2 cm³/mol. The van der Waals surface area contributed by atoms with Crippen LogP contribution in [0.4, 0.5) is 0 Å². The molecule has 0 spiro atoms. The molecule has 0 bridgehead atoms. The Balaban J connectivity index is 1.95. The van der Waals surface area contributed by atoms with Gasteiger partial charge in [-0.05, 0) is 37.8 Å². The molecule has 3 rings (SSSR count). The molecule has 17 heavy (non-hydrogen) atoms. The molecule has 1 aliphatic heterocycles. The molecule has 0 amide bonds. The van der Waals surface area contributed by atoms with E-state index in [1.54, 1.807) is 5.56 Å². The summed E-state index contributed by atoms with van der Waals surface area (Å²) in [7, 11) is 0. The first-order chi connectivity index (χ1) is 8.42. The van der Waals surface area contributed by atoms with Crippen LogP contribution in [0.3, 0.4) is 0 Å². The molecule has 1 aliphatic carbocycles. The summed E-state index contributed by atoms with van der Waals surface area (Å²) < 4.78 is 0. The van der Waals surface area contributed by atoms with Crippen molar-refractivity contribution in [3.05, 3.63) is 35.9 Å². The monoisotopic (exact) mass is 229 g/mol. The summed E-state index contributed by atoms with van der Waals surface area (Å²) >= 11 is 0. The van der Waals surface area contributed by atoms with E-state index in [0.29, 0.717) is 5.41 Å². The third-order valence-corrected chi connectivity index (χ3v) is 4.82. The van der Waals surface area contributed by atoms with Crippen LogP contribution in [0.1, 0.15) is 50.5 Å². The van der Waals surface area contributed by atoms with Crippen LogP contribution in [0.15, 0.2) is 30.3 Å². The van der Waals surface area contributed by atoms with Gasteiger partial charge in [0.25, 0.3) is 0 Å². The Kier molecular flexibility index (Phi) is 3.19. The third-order valence-electron chi connectivity index (χ3n) is 4.82. The number of rotatable bonds is 2. The van der Waals surface area contributed by atoms with Crippen LogP contribution in [0, 0.1) is 0 Å². The first-order valence-electron chi connectivity index (χ1n) is 7.21. The van der Waals surface area contributed by atoms with Crippen molar-refractivity contribution in [3.8, 4) is 0 Å². The average Bonchev–Trinajstić information content (AvgIpc) is 2.95. The molecule has 1 heterocycles. The maximum Gasteiger partial charge on any atom is 0.0164 e. The molecule has 1 heteroatoms. The van der Waals surface area contributed by atoms with E-state index in [1.807, 2.05) is 0 Å². The van der Waals surface area contributed by atoms with Gasteiger partial charge < -0.3 is 5.32 Å². The van der Waals surface area contributed by atoms with E-state index in [1.165, 1.54) is 51.5 Å². The lowest BCUT2D eigenvalue weighted by atomic mass is 9.64. The summed E-state index contributed by atoms with van der Waals surface area (Å²) in [6.07, 6.45) is 9.75. The molecule has 1 saturated heterocycles. The summed E-state index contributed by atoms with van der Waals surface area (Å²) in [4.78, 5) is 0. The minimum absolute atomic E-state index is 0.440. The van der Waals surface area contributed by atoms with Crippen LogP contribution < -0.4 is 5.32 Å². The van der Waals surface area contributed by atoms with Gasteiger partial charge in [0.2, 0.25) is 0 Å². The van der Waals surface area contributed by atoms with E-state index < -0.39 is 0 Å². The summed E-state index contributed by atoms with van der Waals surface area (Å²) in [5, 5.41) is 3.77. The van der Waals surface area contributed by atoms with Crippen LogP contribution in [0.5, 0.6) is 0 Å². The Morgan fingerprint density at radius 1 is 0.941 bits per heavy atom. The Bertz CT molecular complexity index is 345. The van der Waals surface area contributed by atoms with E-state index in [4.69, 9.17) is 0 Å². The Morgan fingerprint density at radius 3 is 2.35 bits per heavy atom. The SMILES string of the molecule is c1ccc(C2(C3CCCN3)CCCCC2)cc1. The topological polar surface area (TPSA) is 12.0 Å². The van der Waals surface area contributed by atoms with Gasteiger partial charge in [0.1, 0.15) is 0 Å². The molecule has 1 atom stereocenters. The standard InChI is InChI=1S/C16H23N/c1-3-8-14(9-4-1)16(11-5-2-6-12-16)15-10-7-13-17-15/h1,3-4,8-9,15,17H,2,5-7,10-13H2. The van der Waals surface area contributed by atoms with E-state index in [-0.39, 0.29) is 0 Å². The van der Waals surface area contributed by atoms with Crippen LogP contribution in [0.25, 0.3) is 0 Å².